The van der Waals surface area contributed by atoms with E-state index in [-0.39, 0.29) is 23.8 Å². The van der Waals surface area contributed by atoms with E-state index in [2.05, 4.69) is 5.32 Å². The molecule has 1 heterocycles. The van der Waals surface area contributed by atoms with Gasteiger partial charge in [-0.2, -0.15) is 0 Å². The van der Waals surface area contributed by atoms with Crippen LogP contribution in [0.1, 0.15) is 54.8 Å². The largest absolute Gasteiger partial charge is 0.496 e. The number of amides is 2. The first-order valence-corrected chi connectivity index (χ1v) is 11.9. The second-order valence-electron chi connectivity index (χ2n) is 9.10. The molecule has 0 bridgehead atoms. The Balaban J connectivity index is 1.66. The van der Waals surface area contributed by atoms with Gasteiger partial charge in [-0.15, -0.1) is 0 Å². The molecule has 176 valence electrons. The van der Waals surface area contributed by atoms with Gasteiger partial charge in [0, 0.05) is 24.6 Å². The van der Waals surface area contributed by atoms with Gasteiger partial charge in [-0.3, -0.25) is 9.59 Å². The summed E-state index contributed by atoms with van der Waals surface area (Å²) in [7, 11) is 1.63. The Morgan fingerprint density at radius 3 is 2.48 bits per heavy atom. The molecule has 1 N–H and O–H groups in total. The molecule has 33 heavy (non-hydrogen) atoms. The number of nitrogens with zero attached hydrogens (tertiary/aromatic N) is 1. The predicted molar refractivity (Wildman–Crippen MR) is 127 cm³/mol. The van der Waals surface area contributed by atoms with Crippen molar-refractivity contribution >= 4 is 11.8 Å². The maximum Gasteiger partial charge on any atom is 0.247 e. The number of hydrogen-bond donors (Lipinski definition) is 1. The van der Waals surface area contributed by atoms with E-state index in [0.29, 0.717) is 18.8 Å². The zero-order valence-corrected chi connectivity index (χ0v) is 19.6. The van der Waals surface area contributed by atoms with Crippen molar-refractivity contribution in [3.8, 4) is 5.75 Å². The highest BCUT2D eigenvalue weighted by molar-refractivity contribution is 5.90. The molecular weight excluding hydrogens is 416 g/mol. The first-order chi connectivity index (χ1) is 16.1. The van der Waals surface area contributed by atoms with Crippen LogP contribution in [0.5, 0.6) is 5.75 Å². The molecule has 2 fully saturated rings. The Morgan fingerprint density at radius 2 is 1.85 bits per heavy atom. The Kier molecular flexibility index (Phi) is 7.65. The summed E-state index contributed by atoms with van der Waals surface area (Å²) in [6.45, 7) is 3.52. The maximum atomic E-state index is 13.7. The van der Waals surface area contributed by atoms with E-state index in [9.17, 15) is 9.59 Å². The lowest BCUT2D eigenvalue weighted by atomic mass is 9.83. The molecule has 6 nitrogen and oxygen atoms in total. The first kappa shape index (κ1) is 23.3. The monoisotopic (exact) mass is 450 g/mol. The van der Waals surface area contributed by atoms with Crippen LogP contribution >= 0.6 is 0 Å². The average molecular weight is 451 g/mol. The van der Waals surface area contributed by atoms with Crippen molar-refractivity contribution in [3.05, 3.63) is 65.2 Å². The fourth-order valence-corrected chi connectivity index (χ4v) is 4.54. The van der Waals surface area contributed by atoms with Gasteiger partial charge in [0.25, 0.3) is 0 Å². The van der Waals surface area contributed by atoms with Crippen molar-refractivity contribution in [1.29, 1.82) is 0 Å². The predicted octanol–water partition coefficient (Wildman–Crippen LogP) is 4.17. The molecule has 2 aromatic rings. The number of benzene rings is 2. The molecule has 0 spiro atoms. The molecule has 1 saturated carbocycles. The minimum atomic E-state index is -0.718. The molecule has 1 saturated heterocycles. The van der Waals surface area contributed by atoms with Crippen molar-refractivity contribution in [2.45, 2.75) is 57.7 Å². The van der Waals surface area contributed by atoms with Crippen molar-refractivity contribution < 1.29 is 19.1 Å². The van der Waals surface area contributed by atoms with Crippen molar-refractivity contribution in [2.24, 2.45) is 5.92 Å². The molecule has 2 aliphatic rings. The van der Waals surface area contributed by atoms with Gasteiger partial charge in [0.1, 0.15) is 11.8 Å². The smallest absolute Gasteiger partial charge is 0.247 e. The van der Waals surface area contributed by atoms with E-state index < -0.39 is 6.04 Å². The second-order valence-corrected chi connectivity index (χ2v) is 9.10. The van der Waals surface area contributed by atoms with Crippen LogP contribution in [0.2, 0.25) is 0 Å². The van der Waals surface area contributed by atoms with Gasteiger partial charge >= 0.3 is 0 Å². The average Bonchev–Trinajstić information content (AvgIpc) is 3.31. The summed E-state index contributed by atoms with van der Waals surface area (Å²) >= 11 is 0. The van der Waals surface area contributed by atoms with E-state index in [1.807, 2.05) is 55.5 Å². The Hall–Kier alpha value is -2.86. The van der Waals surface area contributed by atoms with Crippen molar-refractivity contribution in [3.63, 3.8) is 0 Å². The molecule has 1 aliphatic carbocycles. The summed E-state index contributed by atoms with van der Waals surface area (Å²) in [5.41, 5.74) is 2.81. The number of nitrogens with one attached hydrogen (secondary N) is 1. The van der Waals surface area contributed by atoms with Gasteiger partial charge in [-0.25, -0.2) is 0 Å². The molecule has 2 atom stereocenters. The molecule has 0 radical (unpaired) electrons. The lowest BCUT2D eigenvalue weighted by Gasteiger charge is -2.37. The fourth-order valence-electron chi connectivity index (χ4n) is 4.54. The SMILES string of the molecule is COc1ccccc1CN(C(=O)C1CCC1)C(C(=O)NCC1CCCO1)c1ccc(C)cc1. The van der Waals surface area contributed by atoms with Crippen LogP contribution in [-0.4, -0.2) is 43.1 Å². The van der Waals surface area contributed by atoms with Crippen LogP contribution in [0, 0.1) is 12.8 Å². The van der Waals surface area contributed by atoms with Gasteiger partial charge < -0.3 is 19.7 Å². The number of aryl methyl sites for hydroxylation is 1. The van der Waals surface area contributed by atoms with Crippen molar-refractivity contribution in [1.82, 2.24) is 10.2 Å². The summed E-state index contributed by atoms with van der Waals surface area (Å²) in [4.78, 5) is 29.0. The van der Waals surface area contributed by atoms with Crippen LogP contribution in [0.15, 0.2) is 48.5 Å². The van der Waals surface area contributed by atoms with Gasteiger partial charge in [0.05, 0.1) is 19.8 Å². The Labute approximate surface area is 196 Å². The van der Waals surface area contributed by atoms with Crippen molar-refractivity contribution in [2.75, 3.05) is 20.3 Å². The molecule has 2 aromatic carbocycles. The molecule has 2 amide bonds. The highest BCUT2D eigenvalue weighted by Crippen LogP contribution is 2.34. The molecule has 2 unspecified atom stereocenters. The van der Waals surface area contributed by atoms with Gasteiger partial charge in [-0.05, 0) is 44.2 Å². The normalized spacial score (nSPS) is 18.9. The molecule has 0 aromatic heterocycles. The van der Waals surface area contributed by atoms with Crippen LogP contribution in [0.3, 0.4) is 0 Å². The molecule has 1 aliphatic heterocycles. The number of carbonyl (C=O) groups excluding carboxylic acids is 2. The summed E-state index contributed by atoms with van der Waals surface area (Å²) < 4.78 is 11.2. The number of hydrogen-bond acceptors (Lipinski definition) is 4. The fraction of sp³-hybridized carbons (Fsp3) is 0.481. The molecular formula is C27H34N2O4. The van der Waals surface area contributed by atoms with Crippen LogP contribution in [0.4, 0.5) is 0 Å². The van der Waals surface area contributed by atoms with Gasteiger partial charge in [-0.1, -0.05) is 54.4 Å². The van der Waals surface area contributed by atoms with Crippen LogP contribution < -0.4 is 10.1 Å². The lowest BCUT2D eigenvalue weighted by molar-refractivity contribution is -0.147. The van der Waals surface area contributed by atoms with E-state index in [1.165, 1.54) is 0 Å². The second kappa shape index (κ2) is 10.8. The van der Waals surface area contributed by atoms with E-state index in [1.54, 1.807) is 12.0 Å². The molecule has 4 rings (SSSR count). The quantitative estimate of drug-likeness (QED) is 0.623. The topological polar surface area (TPSA) is 67.9 Å². The Morgan fingerprint density at radius 1 is 1.09 bits per heavy atom. The summed E-state index contributed by atoms with van der Waals surface area (Å²) in [5.74, 6) is 0.548. The third-order valence-electron chi connectivity index (χ3n) is 6.75. The minimum Gasteiger partial charge on any atom is -0.496 e. The zero-order chi connectivity index (χ0) is 23.2. The summed E-state index contributed by atoms with van der Waals surface area (Å²) in [6.07, 6.45) is 4.80. The van der Waals surface area contributed by atoms with E-state index in [4.69, 9.17) is 9.47 Å². The van der Waals surface area contributed by atoms with Crippen LogP contribution in [-0.2, 0) is 20.9 Å². The van der Waals surface area contributed by atoms with Gasteiger partial charge in [0.2, 0.25) is 11.8 Å². The highest BCUT2D eigenvalue weighted by Gasteiger charge is 2.37. The highest BCUT2D eigenvalue weighted by atomic mass is 16.5. The standard InChI is InChI=1S/C27H34N2O4/c1-19-12-14-20(15-13-19)25(26(30)28-17-23-10-6-16-33-23)29(27(31)21-8-5-9-21)18-22-7-3-4-11-24(22)32-2/h3-4,7,11-15,21,23,25H,5-6,8-10,16-18H2,1-2H3,(H,28,30). The number of methoxy groups -OCH3 is 1. The van der Waals surface area contributed by atoms with Gasteiger partial charge in [0.15, 0.2) is 0 Å². The summed E-state index contributed by atoms with van der Waals surface area (Å²) in [5, 5.41) is 3.07. The first-order valence-electron chi connectivity index (χ1n) is 11.9. The van der Waals surface area contributed by atoms with Crippen LogP contribution in [0.25, 0.3) is 0 Å². The van der Waals surface area contributed by atoms with E-state index in [0.717, 1.165) is 55.4 Å². The number of para-hydroxylation sites is 1. The third kappa shape index (κ3) is 5.56. The minimum absolute atomic E-state index is 0.0291. The van der Waals surface area contributed by atoms with E-state index >= 15 is 0 Å². The number of carbonyl (C=O) groups is 2. The Bertz CT molecular complexity index is 949. The third-order valence-corrected chi connectivity index (χ3v) is 6.75. The lowest BCUT2D eigenvalue weighted by Crippen LogP contribution is -2.47. The number of ether oxygens (including phenoxy) is 2. The number of rotatable bonds is 9. The summed E-state index contributed by atoms with van der Waals surface area (Å²) in [6, 6.07) is 14.9. The zero-order valence-electron chi connectivity index (χ0n) is 19.6. The maximum absolute atomic E-state index is 13.7. The molecule has 6 heteroatoms.